The van der Waals surface area contributed by atoms with E-state index < -0.39 is 17.1 Å². The molecule has 1 saturated heterocycles. The standard InChI is InChI=1S/C14H15N3O4S/c1-2-8-3-4-10(18)9(5-8)7-15-17-14-16-13(21)11(22-14)6-12(19)20/h3-5,7,11,18H,2,6H2,1H3,(H,19,20)(H,16,17,21). The minimum atomic E-state index is -1.04. The zero-order valence-corrected chi connectivity index (χ0v) is 12.6. The third-order valence-electron chi connectivity index (χ3n) is 2.98. The molecule has 0 radical (unpaired) electrons. The van der Waals surface area contributed by atoms with Gasteiger partial charge in [-0.15, -0.1) is 5.10 Å². The molecule has 0 aliphatic carbocycles. The number of aryl methyl sites for hydroxylation is 1. The van der Waals surface area contributed by atoms with Crippen molar-refractivity contribution in [1.82, 2.24) is 5.32 Å². The van der Waals surface area contributed by atoms with E-state index in [1.807, 2.05) is 13.0 Å². The number of aliphatic carboxylic acids is 1. The fourth-order valence-corrected chi connectivity index (χ4v) is 2.73. The molecule has 7 nitrogen and oxygen atoms in total. The number of carboxylic acids is 1. The fourth-order valence-electron chi connectivity index (χ4n) is 1.82. The highest BCUT2D eigenvalue weighted by atomic mass is 32.2. The second kappa shape index (κ2) is 7.08. The Labute approximate surface area is 131 Å². The third kappa shape index (κ3) is 4.08. The smallest absolute Gasteiger partial charge is 0.305 e. The maximum absolute atomic E-state index is 11.5. The summed E-state index contributed by atoms with van der Waals surface area (Å²) in [5, 5.41) is 28.1. The summed E-state index contributed by atoms with van der Waals surface area (Å²) in [6.07, 6.45) is 1.95. The van der Waals surface area contributed by atoms with Crippen LogP contribution >= 0.6 is 11.8 Å². The van der Waals surface area contributed by atoms with Crippen molar-refractivity contribution >= 4 is 35.0 Å². The molecule has 1 fully saturated rings. The van der Waals surface area contributed by atoms with Crippen molar-refractivity contribution in [1.29, 1.82) is 0 Å². The average molecular weight is 321 g/mol. The first-order valence-corrected chi connectivity index (χ1v) is 7.49. The van der Waals surface area contributed by atoms with Gasteiger partial charge in [0.25, 0.3) is 0 Å². The minimum absolute atomic E-state index is 0.0908. The van der Waals surface area contributed by atoms with E-state index in [4.69, 9.17) is 5.11 Å². The third-order valence-corrected chi connectivity index (χ3v) is 4.05. The number of hydrogen-bond acceptors (Lipinski definition) is 6. The Morgan fingerprint density at radius 2 is 2.27 bits per heavy atom. The lowest BCUT2D eigenvalue weighted by molar-refractivity contribution is -0.138. The topological polar surface area (TPSA) is 111 Å². The maximum Gasteiger partial charge on any atom is 0.305 e. The molecule has 0 spiro atoms. The molecule has 1 aromatic rings. The number of phenols is 1. The average Bonchev–Trinajstić information content (AvgIpc) is 2.80. The van der Waals surface area contributed by atoms with Crippen LogP contribution in [0.3, 0.4) is 0 Å². The zero-order chi connectivity index (χ0) is 16.1. The number of aromatic hydroxyl groups is 1. The first kappa shape index (κ1) is 16.0. The minimum Gasteiger partial charge on any atom is -0.507 e. The fraction of sp³-hybridized carbons (Fsp3) is 0.286. The maximum atomic E-state index is 11.5. The van der Waals surface area contributed by atoms with Crippen molar-refractivity contribution in [2.45, 2.75) is 25.0 Å². The molecule has 22 heavy (non-hydrogen) atoms. The monoisotopic (exact) mass is 321 g/mol. The molecular weight excluding hydrogens is 306 g/mol. The molecule has 1 amide bonds. The van der Waals surface area contributed by atoms with E-state index in [0.717, 1.165) is 23.7 Å². The van der Waals surface area contributed by atoms with Crippen molar-refractivity contribution < 1.29 is 19.8 Å². The number of amides is 1. The van der Waals surface area contributed by atoms with Gasteiger partial charge >= 0.3 is 5.97 Å². The Morgan fingerprint density at radius 3 is 2.95 bits per heavy atom. The molecule has 1 atom stereocenters. The van der Waals surface area contributed by atoms with Crippen LogP contribution in [0, 0.1) is 0 Å². The molecule has 8 heteroatoms. The highest BCUT2D eigenvalue weighted by molar-refractivity contribution is 8.15. The number of thioether (sulfide) groups is 1. The lowest BCUT2D eigenvalue weighted by Crippen LogP contribution is -2.26. The molecule has 3 N–H and O–H groups in total. The van der Waals surface area contributed by atoms with Crippen molar-refractivity contribution in [3.63, 3.8) is 0 Å². The Kier molecular flexibility index (Phi) is 5.16. The quantitative estimate of drug-likeness (QED) is 0.560. The number of benzene rings is 1. The summed E-state index contributed by atoms with van der Waals surface area (Å²) >= 11 is 1.03. The normalized spacial score (nSPS) is 19.8. The van der Waals surface area contributed by atoms with Gasteiger partial charge in [0.1, 0.15) is 11.0 Å². The summed E-state index contributed by atoms with van der Waals surface area (Å²) in [4.78, 5) is 22.1. The van der Waals surface area contributed by atoms with Gasteiger partial charge in [-0.2, -0.15) is 5.10 Å². The van der Waals surface area contributed by atoms with Gasteiger partial charge in [0.15, 0.2) is 5.17 Å². The number of nitrogens with zero attached hydrogens (tertiary/aromatic N) is 2. The summed E-state index contributed by atoms with van der Waals surface area (Å²) in [6.45, 7) is 2.00. The molecule has 1 aromatic carbocycles. The molecule has 2 rings (SSSR count). The zero-order valence-electron chi connectivity index (χ0n) is 11.8. The lowest BCUT2D eigenvalue weighted by atomic mass is 10.1. The van der Waals surface area contributed by atoms with Gasteiger partial charge in [0.2, 0.25) is 5.91 Å². The van der Waals surface area contributed by atoms with Crippen LogP contribution in [0.2, 0.25) is 0 Å². The van der Waals surface area contributed by atoms with Gasteiger partial charge in [-0.1, -0.05) is 24.8 Å². The molecule has 116 valence electrons. The Morgan fingerprint density at radius 1 is 1.50 bits per heavy atom. The van der Waals surface area contributed by atoms with Gasteiger partial charge in [0, 0.05) is 5.56 Å². The number of hydrogen-bond donors (Lipinski definition) is 3. The second-order valence-electron chi connectivity index (χ2n) is 4.59. The van der Waals surface area contributed by atoms with Gasteiger partial charge in [-0.05, 0) is 24.1 Å². The van der Waals surface area contributed by atoms with Gasteiger partial charge in [-0.25, -0.2) is 0 Å². The highest BCUT2D eigenvalue weighted by Gasteiger charge is 2.32. The Bertz CT molecular complexity index is 657. The molecule has 1 aliphatic rings. The molecule has 0 aromatic heterocycles. The van der Waals surface area contributed by atoms with Crippen LogP contribution in [-0.2, 0) is 16.0 Å². The number of rotatable bonds is 5. The van der Waals surface area contributed by atoms with Crippen LogP contribution in [0.15, 0.2) is 28.4 Å². The number of carboxylic acid groups (broad SMARTS) is 1. The van der Waals surface area contributed by atoms with Crippen LogP contribution < -0.4 is 5.32 Å². The predicted octanol–water partition coefficient (Wildman–Crippen LogP) is 1.35. The van der Waals surface area contributed by atoms with E-state index in [2.05, 4.69) is 15.5 Å². The van der Waals surface area contributed by atoms with Crippen molar-refractivity contribution in [2.75, 3.05) is 0 Å². The summed E-state index contributed by atoms with van der Waals surface area (Å²) in [5.74, 6) is -1.34. The van der Waals surface area contributed by atoms with Crippen LogP contribution in [-0.4, -0.2) is 38.7 Å². The number of carbonyl (C=O) groups is 2. The van der Waals surface area contributed by atoms with Crippen LogP contribution in [0.1, 0.15) is 24.5 Å². The van der Waals surface area contributed by atoms with Crippen LogP contribution in [0.4, 0.5) is 0 Å². The van der Waals surface area contributed by atoms with Crippen molar-refractivity contribution in [3.8, 4) is 5.75 Å². The van der Waals surface area contributed by atoms with E-state index in [9.17, 15) is 14.7 Å². The number of phenolic OH excluding ortho intramolecular Hbond substituents is 1. The molecule has 1 heterocycles. The van der Waals surface area contributed by atoms with Gasteiger partial charge in [-0.3, -0.25) is 9.59 Å². The first-order chi connectivity index (χ1) is 10.5. The number of nitrogens with one attached hydrogen (secondary N) is 1. The molecule has 1 aliphatic heterocycles. The largest absolute Gasteiger partial charge is 0.507 e. The highest BCUT2D eigenvalue weighted by Crippen LogP contribution is 2.22. The summed E-state index contributed by atoms with van der Waals surface area (Å²) in [5.41, 5.74) is 1.58. The van der Waals surface area contributed by atoms with Gasteiger partial charge < -0.3 is 15.5 Å². The lowest BCUT2D eigenvalue weighted by Gasteiger charge is -2.01. The van der Waals surface area contributed by atoms with Crippen LogP contribution in [0.5, 0.6) is 5.75 Å². The molecule has 0 bridgehead atoms. The first-order valence-electron chi connectivity index (χ1n) is 6.61. The molecule has 0 saturated carbocycles. The summed E-state index contributed by atoms with van der Waals surface area (Å²) in [6, 6.07) is 5.21. The van der Waals surface area contributed by atoms with E-state index in [0.29, 0.717) is 5.56 Å². The van der Waals surface area contributed by atoms with E-state index in [1.54, 1.807) is 12.1 Å². The van der Waals surface area contributed by atoms with Crippen molar-refractivity contribution in [2.24, 2.45) is 10.2 Å². The number of amidine groups is 1. The van der Waals surface area contributed by atoms with Crippen LogP contribution in [0.25, 0.3) is 0 Å². The van der Waals surface area contributed by atoms with Gasteiger partial charge in [0.05, 0.1) is 12.6 Å². The van der Waals surface area contributed by atoms with E-state index in [1.165, 1.54) is 6.21 Å². The Balaban J connectivity index is 2.06. The van der Waals surface area contributed by atoms with Crippen molar-refractivity contribution in [3.05, 3.63) is 29.3 Å². The summed E-state index contributed by atoms with van der Waals surface area (Å²) in [7, 11) is 0. The molecule has 1 unspecified atom stereocenters. The number of carbonyl (C=O) groups excluding carboxylic acids is 1. The second-order valence-corrected chi connectivity index (χ2v) is 5.78. The van der Waals surface area contributed by atoms with E-state index in [-0.39, 0.29) is 17.3 Å². The SMILES string of the molecule is CCc1ccc(O)c(C=NN=C2NC(=O)C(CC(=O)O)S2)c1. The van der Waals surface area contributed by atoms with E-state index >= 15 is 0 Å². The summed E-state index contributed by atoms with van der Waals surface area (Å²) < 4.78 is 0. The molecular formula is C14H15N3O4S. The predicted molar refractivity (Wildman–Crippen MR) is 84.3 cm³/mol. The Hall–Kier alpha value is -2.35.